The van der Waals surface area contributed by atoms with E-state index in [-0.39, 0.29) is 11.5 Å². The van der Waals surface area contributed by atoms with E-state index < -0.39 is 0 Å². The zero-order valence-corrected chi connectivity index (χ0v) is 17.4. The molecule has 5 aromatic rings. The Bertz CT molecular complexity index is 1450. The molecule has 0 aliphatic carbocycles. The lowest BCUT2D eigenvalue weighted by Crippen LogP contribution is -2.04. The Morgan fingerprint density at radius 1 is 1.07 bits per heavy atom. The first-order valence-corrected chi connectivity index (χ1v) is 10.2. The summed E-state index contributed by atoms with van der Waals surface area (Å²) < 4.78 is 1.89. The predicted octanol–water partition coefficient (Wildman–Crippen LogP) is 4.62. The molecule has 4 aromatic heterocycles. The molecule has 0 saturated carbocycles. The third-order valence-electron chi connectivity index (χ3n) is 5.43. The molecule has 0 aliphatic heterocycles. The van der Waals surface area contributed by atoms with Gasteiger partial charge in [0.1, 0.15) is 17.8 Å². The smallest absolute Gasteiger partial charge is 0.162 e. The number of hydrogen-bond acceptors (Lipinski definition) is 7. The van der Waals surface area contributed by atoms with Gasteiger partial charge >= 0.3 is 0 Å². The first kappa shape index (κ1) is 18.4. The molecule has 0 spiro atoms. The van der Waals surface area contributed by atoms with Gasteiger partial charge in [-0.2, -0.15) is 0 Å². The van der Waals surface area contributed by atoms with E-state index in [9.17, 15) is 10.2 Å². The summed E-state index contributed by atoms with van der Waals surface area (Å²) in [6, 6.07) is 7.68. The highest BCUT2D eigenvalue weighted by Gasteiger charge is 2.23. The number of anilines is 1. The van der Waals surface area contributed by atoms with Gasteiger partial charge in [0.25, 0.3) is 0 Å². The van der Waals surface area contributed by atoms with E-state index in [1.165, 1.54) is 12.4 Å². The molecule has 0 aliphatic rings. The van der Waals surface area contributed by atoms with Gasteiger partial charge in [-0.15, -0.1) is 11.3 Å². The maximum atomic E-state index is 10.4. The Hall–Kier alpha value is -3.65. The van der Waals surface area contributed by atoms with Crippen LogP contribution >= 0.6 is 11.3 Å². The number of phenolic OH excluding ortho intramolecular Hbond substituents is 2. The van der Waals surface area contributed by atoms with Gasteiger partial charge in [0.15, 0.2) is 17.1 Å². The molecule has 0 amide bonds. The van der Waals surface area contributed by atoms with E-state index >= 15 is 0 Å². The van der Waals surface area contributed by atoms with Crippen molar-refractivity contribution in [3.8, 4) is 27.6 Å². The molecule has 4 N–H and O–H groups in total. The van der Waals surface area contributed by atoms with Crippen LogP contribution in [-0.2, 0) is 0 Å². The Balaban J connectivity index is 1.98. The van der Waals surface area contributed by atoms with Crippen molar-refractivity contribution in [2.75, 3.05) is 5.73 Å². The zero-order valence-electron chi connectivity index (χ0n) is 16.6. The summed E-state index contributed by atoms with van der Waals surface area (Å²) in [6.45, 7) is 5.60. The van der Waals surface area contributed by atoms with Crippen LogP contribution < -0.4 is 5.73 Å². The van der Waals surface area contributed by atoms with Gasteiger partial charge in [-0.25, -0.2) is 15.0 Å². The van der Waals surface area contributed by atoms with E-state index in [4.69, 9.17) is 10.7 Å². The Morgan fingerprint density at radius 3 is 2.60 bits per heavy atom. The van der Waals surface area contributed by atoms with Gasteiger partial charge in [-0.3, -0.25) is 4.57 Å². The van der Waals surface area contributed by atoms with Crippen LogP contribution in [0.4, 0.5) is 5.82 Å². The summed E-state index contributed by atoms with van der Waals surface area (Å²) in [6.07, 6.45) is 1.42. The summed E-state index contributed by atoms with van der Waals surface area (Å²) in [5, 5.41) is 24.0. The fourth-order valence-electron chi connectivity index (χ4n) is 4.04. The van der Waals surface area contributed by atoms with Crippen molar-refractivity contribution < 1.29 is 10.2 Å². The maximum Gasteiger partial charge on any atom is 0.162 e. The second kappa shape index (κ2) is 6.43. The number of aryl methyl sites for hydroxylation is 2. The SMILES string of the molecule is Cc1cc(O)c(O)c(C)c1-n1c2nc(C)c(-c3cccs3)cc2c2c(N)ncnc21. The van der Waals surface area contributed by atoms with E-state index in [1.54, 1.807) is 18.3 Å². The molecule has 4 heterocycles. The van der Waals surface area contributed by atoms with Crippen LogP contribution in [0.2, 0.25) is 0 Å². The van der Waals surface area contributed by atoms with Crippen LogP contribution in [0.3, 0.4) is 0 Å². The molecule has 0 atom stereocenters. The van der Waals surface area contributed by atoms with Gasteiger partial charge in [-0.05, 0) is 49.9 Å². The summed E-state index contributed by atoms with van der Waals surface area (Å²) in [5.74, 6) is 0.0390. The zero-order chi connectivity index (χ0) is 21.2. The summed E-state index contributed by atoms with van der Waals surface area (Å²) in [5.41, 5.74) is 11.5. The van der Waals surface area contributed by atoms with Crippen LogP contribution in [-0.4, -0.2) is 29.7 Å². The normalized spacial score (nSPS) is 11.6. The molecular formula is C22H19N5O2S. The first-order chi connectivity index (χ1) is 14.4. The number of rotatable bonds is 2. The van der Waals surface area contributed by atoms with Crippen LogP contribution in [0, 0.1) is 20.8 Å². The average Bonchev–Trinajstić information content (AvgIpc) is 3.33. The van der Waals surface area contributed by atoms with Crippen molar-refractivity contribution in [1.29, 1.82) is 0 Å². The number of phenols is 2. The molecule has 8 heteroatoms. The van der Waals surface area contributed by atoms with E-state index in [0.717, 1.165) is 27.1 Å². The van der Waals surface area contributed by atoms with Crippen LogP contribution in [0.1, 0.15) is 16.8 Å². The highest BCUT2D eigenvalue weighted by atomic mass is 32.1. The summed E-state index contributed by atoms with van der Waals surface area (Å²) in [7, 11) is 0. The Labute approximate surface area is 176 Å². The molecule has 150 valence electrons. The number of pyridine rings is 1. The van der Waals surface area contributed by atoms with E-state index in [2.05, 4.69) is 22.1 Å². The minimum absolute atomic E-state index is 0.159. The number of nitrogen functional groups attached to an aromatic ring is 1. The largest absolute Gasteiger partial charge is 0.504 e. The van der Waals surface area contributed by atoms with Crippen molar-refractivity contribution in [2.45, 2.75) is 20.8 Å². The number of aromatic hydroxyl groups is 2. The number of hydrogen-bond donors (Lipinski definition) is 3. The highest BCUT2D eigenvalue weighted by Crippen LogP contribution is 2.41. The monoisotopic (exact) mass is 417 g/mol. The van der Waals surface area contributed by atoms with Crippen molar-refractivity contribution in [2.24, 2.45) is 0 Å². The molecule has 1 aromatic carbocycles. The number of thiophene rings is 1. The number of fused-ring (bicyclic) bond motifs is 3. The van der Waals surface area contributed by atoms with Crippen LogP contribution in [0.5, 0.6) is 11.5 Å². The van der Waals surface area contributed by atoms with Gasteiger partial charge in [0, 0.05) is 27.1 Å². The molecular weight excluding hydrogens is 398 g/mol. The number of benzene rings is 1. The highest BCUT2D eigenvalue weighted by molar-refractivity contribution is 7.13. The van der Waals surface area contributed by atoms with Gasteiger partial charge in [0.2, 0.25) is 0 Å². The molecule has 5 rings (SSSR count). The van der Waals surface area contributed by atoms with E-state index in [1.807, 2.05) is 29.9 Å². The lowest BCUT2D eigenvalue weighted by molar-refractivity contribution is 0.400. The lowest BCUT2D eigenvalue weighted by Gasteiger charge is -2.15. The minimum Gasteiger partial charge on any atom is -0.504 e. The molecule has 0 saturated heterocycles. The minimum atomic E-state index is -0.167. The molecule has 7 nitrogen and oxygen atoms in total. The van der Waals surface area contributed by atoms with Crippen molar-refractivity contribution in [1.82, 2.24) is 19.5 Å². The molecule has 30 heavy (non-hydrogen) atoms. The third kappa shape index (κ3) is 2.47. The molecule has 0 radical (unpaired) electrons. The standard InChI is InChI=1S/C22H19N5O2S/c1-10-7-15(28)19(29)11(2)18(10)27-21-14(17-20(23)24-9-25-22(17)27)8-13(12(3)26-21)16-5-4-6-30-16/h4-9,28-29H,1-3H3,(H2,23,24,25). The first-order valence-electron chi connectivity index (χ1n) is 9.37. The van der Waals surface area contributed by atoms with Crippen molar-refractivity contribution in [3.63, 3.8) is 0 Å². The van der Waals surface area contributed by atoms with Crippen molar-refractivity contribution in [3.05, 3.63) is 52.8 Å². The Kier molecular flexibility index (Phi) is 3.94. The molecule has 0 unspecified atom stereocenters. The molecule has 0 fully saturated rings. The summed E-state index contributed by atoms with van der Waals surface area (Å²) >= 11 is 1.65. The summed E-state index contributed by atoms with van der Waals surface area (Å²) in [4.78, 5) is 14.7. The quantitative estimate of drug-likeness (QED) is 0.362. The van der Waals surface area contributed by atoms with Crippen molar-refractivity contribution >= 4 is 39.2 Å². The number of nitrogens with two attached hydrogens (primary N) is 1. The lowest BCUT2D eigenvalue weighted by atomic mass is 10.1. The second-order valence-corrected chi connectivity index (χ2v) is 8.25. The molecule has 0 bridgehead atoms. The number of aromatic nitrogens is 4. The average molecular weight is 417 g/mol. The number of nitrogens with zero attached hydrogens (tertiary/aromatic N) is 4. The second-order valence-electron chi connectivity index (χ2n) is 7.30. The topological polar surface area (TPSA) is 110 Å². The Morgan fingerprint density at radius 2 is 1.87 bits per heavy atom. The van der Waals surface area contributed by atoms with Gasteiger partial charge < -0.3 is 15.9 Å². The predicted molar refractivity (Wildman–Crippen MR) is 119 cm³/mol. The van der Waals surface area contributed by atoms with Gasteiger partial charge in [-0.1, -0.05) is 6.07 Å². The van der Waals surface area contributed by atoms with E-state index in [0.29, 0.717) is 33.7 Å². The fraction of sp³-hybridized carbons (Fsp3) is 0.136. The van der Waals surface area contributed by atoms with Gasteiger partial charge in [0.05, 0.1) is 11.1 Å². The van der Waals surface area contributed by atoms with Crippen LogP contribution in [0.25, 0.3) is 38.2 Å². The maximum absolute atomic E-state index is 10.4. The fourth-order valence-corrected chi connectivity index (χ4v) is 4.84. The van der Waals surface area contributed by atoms with Crippen LogP contribution in [0.15, 0.2) is 36.0 Å². The third-order valence-corrected chi connectivity index (χ3v) is 6.34.